The summed E-state index contributed by atoms with van der Waals surface area (Å²) in [7, 11) is 0. The molecule has 0 saturated carbocycles. The normalized spacial score (nSPS) is 21.5. The number of aromatic nitrogens is 1. The van der Waals surface area contributed by atoms with Gasteiger partial charge in [-0.3, -0.25) is 4.98 Å². The number of hydrogen-bond acceptors (Lipinski definition) is 3. The van der Waals surface area contributed by atoms with Gasteiger partial charge in [-0.25, -0.2) is 0 Å². The van der Waals surface area contributed by atoms with E-state index in [-0.39, 0.29) is 0 Å². The van der Waals surface area contributed by atoms with Crippen LogP contribution in [0.4, 0.5) is 5.69 Å². The van der Waals surface area contributed by atoms with E-state index >= 15 is 0 Å². The number of rotatable bonds is 3. The minimum atomic E-state index is 0.653. The molecule has 1 N–H and O–H groups in total. The van der Waals surface area contributed by atoms with Crippen LogP contribution in [0.3, 0.4) is 0 Å². The topological polar surface area (TPSA) is 28.2 Å². The molecule has 14 heavy (non-hydrogen) atoms. The van der Waals surface area contributed by atoms with E-state index in [9.17, 15) is 0 Å². The highest BCUT2D eigenvalue weighted by Gasteiger charge is 2.21. The molecule has 1 aromatic heterocycles. The van der Waals surface area contributed by atoms with Gasteiger partial charge in [-0.2, -0.15) is 0 Å². The number of pyridine rings is 1. The maximum atomic E-state index is 4.14. The summed E-state index contributed by atoms with van der Waals surface area (Å²) in [6, 6.07) is 4.78. The summed E-state index contributed by atoms with van der Waals surface area (Å²) in [4.78, 5) is 6.53. The van der Waals surface area contributed by atoms with Gasteiger partial charge in [0.2, 0.25) is 0 Å². The average molecular weight is 191 g/mol. The molecule has 1 atom stereocenters. The molecule has 1 aliphatic rings. The lowest BCUT2D eigenvalue weighted by Gasteiger charge is -2.18. The molecule has 2 rings (SSSR count). The summed E-state index contributed by atoms with van der Waals surface area (Å²) in [5.41, 5.74) is 1.24. The minimum Gasteiger partial charge on any atom is -0.369 e. The van der Waals surface area contributed by atoms with E-state index < -0.39 is 0 Å². The van der Waals surface area contributed by atoms with Crippen molar-refractivity contribution in [3.05, 3.63) is 24.5 Å². The summed E-state index contributed by atoms with van der Waals surface area (Å²) in [6.45, 7) is 5.47. The molecule has 1 fully saturated rings. The first-order chi connectivity index (χ1) is 6.90. The monoisotopic (exact) mass is 191 g/mol. The van der Waals surface area contributed by atoms with Gasteiger partial charge in [0.15, 0.2) is 0 Å². The average Bonchev–Trinajstić information content (AvgIpc) is 2.68. The van der Waals surface area contributed by atoms with Crippen LogP contribution in [-0.4, -0.2) is 30.7 Å². The zero-order valence-electron chi connectivity index (χ0n) is 8.61. The van der Waals surface area contributed by atoms with Crippen molar-refractivity contribution in [3.63, 3.8) is 0 Å². The van der Waals surface area contributed by atoms with Gasteiger partial charge < -0.3 is 10.2 Å². The molecule has 0 radical (unpaired) electrons. The third-order valence-corrected chi connectivity index (χ3v) is 2.69. The Labute approximate surface area is 85.1 Å². The molecule has 0 bridgehead atoms. The van der Waals surface area contributed by atoms with Gasteiger partial charge in [0.25, 0.3) is 0 Å². The molecule has 0 aliphatic carbocycles. The first-order valence-corrected chi connectivity index (χ1v) is 5.28. The standard InChI is InChI=1S/C11H17N3/c1-2-13-10-5-7-14(9-10)11-4-3-6-12-8-11/h3-4,6,8,10,13H,2,5,7,9H2,1H3. The molecule has 2 heterocycles. The Morgan fingerprint density at radius 3 is 3.29 bits per heavy atom. The fourth-order valence-corrected chi connectivity index (χ4v) is 1.99. The Bertz CT molecular complexity index is 273. The molecule has 1 aromatic rings. The van der Waals surface area contributed by atoms with Gasteiger partial charge >= 0.3 is 0 Å². The number of hydrogen-bond donors (Lipinski definition) is 1. The molecule has 1 aliphatic heterocycles. The Morgan fingerprint density at radius 2 is 2.57 bits per heavy atom. The summed E-state index contributed by atoms with van der Waals surface area (Å²) in [5.74, 6) is 0. The molecule has 3 heteroatoms. The molecule has 0 aromatic carbocycles. The van der Waals surface area contributed by atoms with Crippen molar-refractivity contribution < 1.29 is 0 Å². The second-order valence-corrected chi connectivity index (χ2v) is 3.70. The van der Waals surface area contributed by atoms with Gasteiger partial charge in [-0.05, 0) is 25.1 Å². The van der Waals surface area contributed by atoms with E-state index in [1.807, 2.05) is 18.5 Å². The Kier molecular flexibility index (Phi) is 2.99. The molecule has 3 nitrogen and oxygen atoms in total. The first-order valence-electron chi connectivity index (χ1n) is 5.28. The molecule has 0 amide bonds. The van der Waals surface area contributed by atoms with E-state index in [0.29, 0.717) is 6.04 Å². The van der Waals surface area contributed by atoms with Crippen LogP contribution in [0, 0.1) is 0 Å². The summed E-state index contributed by atoms with van der Waals surface area (Å²) < 4.78 is 0. The van der Waals surface area contributed by atoms with Crippen LogP contribution in [-0.2, 0) is 0 Å². The maximum Gasteiger partial charge on any atom is 0.0553 e. The molecule has 1 unspecified atom stereocenters. The van der Waals surface area contributed by atoms with Gasteiger partial charge in [0, 0.05) is 25.3 Å². The van der Waals surface area contributed by atoms with Crippen LogP contribution >= 0.6 is 0 Å². The van der Waals surface area contributed by atoms with Gasteiger partial charge in [0.05, 0.1) is 11.9 Å². The molecular formula is C11H17N3. The van der Waals surface area contributed by atoms with Crippen LogP contribution in [0.5, 0.6) is 0 Å². The van der Waals surface area contributed by atoms with Gasteiger partial charge in [-0.15, -0.1) is 0 Å². The number of nitrogens with zero attached hydrogens (tertiary/aromatic N) is 2. The van der Waals surface area contributed by atoms with Crippen molar-refractivity contribution in [2.24, 2.45) is 0 Å². The largest absolute Gasteiger partial charge is 0.369 e. The predicted molar refractivity (Wildman–Crippen MR) is 58.5 cm³/mol. The Hall–Kier alpha value is -1.09. The molecule has 76 valence electrons. The van der Waals surface area contributed by atoms with Crippen molar-refractivity contribution in [3.8, 4) is 0 Å². The van der Waals surface area contributed by atoms with Crippen LogP contribution in [0.25, 0.3) is 0 Å². The van der Waals surface area contributed by atoms with E-state index in [1.54, 1.807) is 0 Å². The highest BCUT2D eigenvalue weighted by atomic mass is 15.2. The summed E-state index contributed by atoms with van der Waals surface area (Å²) in [6.07, 6.45) is 5.00. The maximum absolute atomic E-state index is 4.14. The van der Waals surface area contributed by atoms with Crippen LogP contribution in [0.2, 0.25) is 0 Å². The van der Waals surface area contributed by atoms with Crippen molar-refractivity contribution in [2.75, 3.05) is 24.5 Å². The first kappa shape index (κ1) is 9.46. The van der Waals surface area contributed by atoms with E-state index in [4.69, 9.17) is 0 Å². The lowest BCUT2D eigenvalue weighted by atomic mass is 10.3. The SMILES string of the molecule is CCNC1CCN(c2cccnc2)C1. The van der Waals surface area contributed by atoms with Gasteiger partial charge in [-0.1, -0.05) is 6.92 Å². The molecule has 1 saturated heterocycles. The number of nitrogens with one attached hydrogen (secondary N) is 1. The zero-order valence-corrected chi connectivity index (χ0v) is 8.61. The Balaban J connectivity index is 1.96. The molecular weight excluding hydrogens is 174 g/mol. The second-order valence-electron chi connectivity index (χ2n) is 3.70. The lowest BCUT2D eigenvalue weighted by Crippen LogP contribution is -2.32. The van der Waals surface area contributed by atoms with Crippen molar-refractivity contribution in [1.29, 1.82) is 0 Å². The van der Waals surface area contributed by atoms with Crippen LogP contribution < -0.4 is 10.2 Å². The minimum absolute atomic E-state index is 0.653. The quantitative estimate of drug-likeness (QED) is 0.780. The van der Waals surface area contributed by atoms with Crippen LogP contribution in [0.1, 0.15) is 13.3 Å². The fraction of sp³-hybridized carbons (Fsp3) is 0.545. The van der Waals surface area contributed by atoms with Crippen LogP contribution in [0.15, 0.2) is 24.5 Å². The predicted octanol–water partition coefficient (Wildman–Crippen LogP) is 1.27. The fourth-order valence-electron chi connectivity index (χ4n) is 1.99. The smallest absolute Gasteiger partial charge is 0.0553 e. The van der Waals surface area contributed by atoms with Gasteiger partial charge in [0.1, 0.15) is 0 Å². The van der Waals surface area contributed by atoms with Crippen molar-refractivity contribution in [2.45, 2.75) is 19.4 Å². The lowest BCUT2D eigenvalue weighted by molar-refractivity contribution is 0.572. The van der Waals surface area contributed by atoms with Crippen molar-refractivity contribution >= 4 is 5.69 Å². The third kappa shape index (κ3) is 2.04. The third-order valence-electron chi connectivity index (χ3n) is 2.69. The number of anilines is 1. The van der Waals surface area contributed by atoms with E-state index in [1.165, 1.54) is 12.1 Å². The zero-order chi connectivity index (χ0) is 9.80. The highest BCUT2D eigenvalue weighted by Crippen LogP contribution is 2.18. The number of likely N-dealkylation sites (N-methyl/N-ethyl adjacent to an activating group) is 1. The van der Waals surface area contributed by atoms with E-state index in [2.05, 4.69) is 28.2 Å². The summed E-state index contributed by atoms with van der Waals surface area (Å²) in [5, 5.41) is 3.48. The summed E-state index contributed by atoms with van der Waals surface area (Å²) >= 11 is 0. The highest BCUT2D eigenvalue weighted by molar-refractivity contribution is 5.44. The van der Waals surface area contributed by atoms with Crippen molar-refractivity contribution in [1.82, 2.24) is 10.3 Å². The second kappa shape index (κ2) is 4.42. The van der Waals surface area contributed by atoms with E-state index in [0.717, 1.165) is 19.6 Å². The molecule has 0 spiro atoms. The Morgan fingerprint density at radius 1 is 1.64 bits per heavy atom.